The van der Waals surface area contributed by atoms with Gasteiger partial charge >= 0.3 is 0 Å². The minimum Gasteiger partial charge on any atom is -0.500 e. The summed E-state index contributed by atoms with van der Waals surface area (Å²) in [6.07, 6.45) is 9.92. The number of hydrogen-bond donors (Lipinski definition) is 0. The van der Waals surface area contributed by atoms with E-state index in [-0.39, 0.29) is 5.91 Å². The van der Waals surface area contributed by atoms with E-state index in [1.807, 2.05) is 0 Å². The molecule has 0 bridgehead atoms. The molecule has 1 amide bonds. The molecule has 0 spiro atoms. The fourth-order valence-corrected chi connectivity index (χ4v) is 1.62. The van der Waals surface area contributed by atoms with E-state index in [1.165, 1.54) is 19.3 Å². The highest BCUT2D eigenvalue weighted by Crippen LogP contribution is 2.09. The summed E-state index contributed by atoms with van der Waals surface area (Å²) in [7, 11) is 0. The van der Waals surface area contributed by atoms with Crippen LogP contribution in [-0.4, -0.2) is 24.0 Å². The Labute approximate surface area is 92.1 Å². The number of likely N-dealkylation sites (tertiary alicyclic amines) is 1. The van der Waals surface area contributed by atoms with Gasteiger partial charge < -0.3 is 9.64 Å². The Hall–Kier alpha value is -0.990. The third-order valence-corrected chi connectivity index (χ3v) is 2.56. The number of carbonyl (C=O) groups is 1. The maximum absolute atomic E-state index is 11.2. The zero-order valence-corrected chi connectivity index (χ0v) is 9.58. The third kappa shape index (κ3) is 4.86. The molecule has 0 aromatic carbocycles. The van der Waals surface area contributed by atoms with E-state index in [9.17, 15) is 4.79 Å². The predicted octanol–water partition coefficient (Wildman–Crippen LogP) is 2.68. The Morgan fingerprint density at radius 3 is 2.93 bits per heavy atom. The van der Waals surface area contributed by atoms with Crippen LogP contribution in [0.5, 0.6) is 0 Å². The maximum atomic E-state index is 11.2. The van der Waals surface area contributed by atoms with E-state index in [1.54, 1.807) is 17.4 Å². The first-order valence-electron chi connectivity index (χ1n) is 5.92. The molecule has 86 valence electrons. The lowest BCUT2D eigenvalue weighted by Gasteiger charge is -2.08. The quantitative estimate of drug-likeness (QED) is 0.478. The Morgan fingerprint density at radius 1 is 1.40 bits per heavy atom. The molecule has 0 unspecified atom stereocenters. The second kappa shape index (κ2) is 7.32. The van der Waals surface area contributed by atoms with Crippen LogP contribution in [0.1, 0.15) is 45.4 Å². The molecule has 1 fully saturated rings. The summed E-state index contributed by atoms with van der Waals surface area (Å²) in [4.78, 5) is 12.9. The van der Waals surface area contributed by atoms with Gasteiger partial charge in [-0.25, -0.2) is 0 Å². The van der Waals surface area contributed by atoms with E-state index < -0.39 is 0 Å². The lowest BCUT2D eigenvalue weighted by Crippen LogP contribution is -2.17. The normalized spacial score (nSPS) is 16.6. The van der Waals surface area contributed by atoms with E-state index in [0.29, 0.717) is 6.42 Å². The van der Waals surface area contributed by atoms with Gasteiger partial charge in [-0.1, -0.05) is 26.2 Å². The van der Waals surface area contributed by atoms with Gasteiger partial charge in [-0.2, -0.15) is 0 Å². The summed E-state index contributed by atoms with van der Waals surface area (Å²) in [5, 5.41) is 0. The van der Waals surface area contributed by atoms with Crippen LogP contribution in [0.2, 0.25) is 0 Å². The summed E-state index contributed by atoms with van der Waals surface area (Å²) in [5.74, 6) is 0.209. The van der Waals surface area contributed by atoms with Gasteiger partial charge in [0, 0.05) is 19.2 Å². The number of unbranched alkanes of at least 4 members (excludes halogenated alkanes) is 3. The SMILES string of the molecule is CCCCCCO/C=C/N1CCCC1=O. The van der Waals surface area contributed by atoms with Crippen LogP contribution in [0, 0.1) is 0 Å². The molecule has 1 rings (SSSR count). The van der Waals surface area contributed by atoms with Crippen LogP contribution in [0.25, 0.3) is 0 Å². The highest BCUT2D eigenvalue weighted by molar-refractivity contribution is 5.79. The van der Waals surface area contributed by atoms with E-state index >= 15 is 0 Å². The molecule has 0 aromatic rings. The number of rotatable bonds is 7. The molecule has 1 saturated heterocycles. The maximum Gasteiger partial charge on any atom is 0.226 e. The summed E-state index contributed by atoms with van der Waals surface area (Å²) in [6.45, 7) is 3.80. The van der Waals surface area contributed by atoms with Crippen molar-refractivity contribution in [3.8, 4) is 0 Å². The average molecular weight is 211 g/mol. The molecule has 0 saturated carbocycles. The van der Waals surface area contributed by atoms with E-state index in [0.717, 1.165) is 26.0 Å². The van der Waals surface area contributed by atoms with E-state index in [2.05, 4.69) is 6.92 Å². The van der Waals surface area contributed by atoms with Gasteiger partial charge in [0.1, 0.15) is 0 Å². The van der Waals surface area contributed by atoms with Crippen LogP contribution in [0.15, 0.2) is 12.5 Å². The second-order valence-corrected chi connectivity index (χ2v) is 3.91. The van der Waals surface area contributed by atoms with Crippen LogP contribution in [0.4, 0.5) is 0 Å². The van der Waals surface area contributed by atoms with Crippen LogP contribution in [-0.2, 0) is 9.53 Å². The molecule has 1 aliphatic rings. The Kier molecular flexibility index (Phi) is 5.90. The lowest BCUT2D eigenvalue weighted by molar-refractivity contribution is -0.125. The number of ether oxygens (including phenoxy) is 1. The molecule has 1 heterocycles. The first-order valence-corrected chi connectivity index (χ1v) is 5.92. The van der Waals surface area contributed by atoms with Crippen molar-refractivity contribution in [1.29, 1.82) is 0 Å². The van der Waals surface area contributed by atoms with Gasteiger partial charge in [0.25, 0.3) is 0 Å². The highest BCUT2D eigenvalue weighted by Gasteiger charge is 2.17. The molecule has 0 N–H and O–H groups in total. The van der Waals surface area contributed by atoms with Gasteiger partial charge in [-0.15, -0.1) is 0 Å². The Bertz CT molecular complexity index is 214. The molecular formula is C12H21NO2. The fraction of sp³-hybridized carbons (Fsp3) is 0.750. The van der Waals surface area contributed by atoms with Gasteiger partial charge in [-0.05, 0) is 12.8 Å². The fourth-order valence-electron chi connectivity index (χ4n) is 1.62. The van der Waals surface area contributed by atoms with Crippen molar-refractivity contribution in [3.05, 3.63) is 12.5 Å². The number of carbonyl (C=O) groups excluding carboxylic acids is 1. The van der Waals surface area contributed by atoms with Gasteiger partial charge in [0.05, 0.1) is 12.9 Å². The smallest absolute Gasteiger partial charge is 0.226 e. The Balaban J connectivity index is 1.99. The van der Waals surface area contributed by atoms with Crippen molar-refractivity contribution in [3.63, 3.8) is 0 Å². The topological polar surface area (TPSA) is 29.5 Å². The molecule has 1 aliphatic heterocycles. The summed E-state index contributed by atoms with van der Waals surface area (Å²) in [6, 6.07) is 0. The number of amides is 1. The van der Waals surface area contributed by atoms with Crippen molar-refractivity contribution in [2.45, 2.75) is 45.4 Å². The number of hydrogen-bond acceptors (Lipinski definition) is 2. The summed E-state index contributed by atoms with van der Waals surface area (Å²) in [5.41, 5.74) is 0. The van der Waals surface area contributed by atoms with Gasteiger partial charge in [0.15, 0.2) is 0 Å². The standard InChI is InChI=1S/C12H21NO2/c1-2-3-4-5-10-15-11-9-13-8-6-7-12(13)14/h9,11H,2-8,10H2,1H3/b11-9+. The highest BCUT2D eigenvalue weighted by atomic mass is 16.5. The van der Waals surface area contributed by atoms with E-state index in [4.69, 9.17) is 4.74 Å². The predicted molar refractivity (Wildman–Crippen MR) is 60.2 cm³/mol. The van der Waals surface area contributed by atoms with Crippen LogP contribution in [0.3, 0.4) is 0 Å². The monoisotopic (exact) mass is 211 g/mol. The lowest BCUT2D eigenvalue weighted by atomic mass is 10.2. The second-order valence-electron chi connectivity index (χ2n) is 3.91. The zero-order valence-electron chi connectivity index (χ0n) is 9.58. The minimum absolute atomic E-state index is 0.209. The molecule has 0 aromatic heterocycles. The van der Waals surface area contributed by atoms with Crippen LogP contribution < -0.4 is 0 Å². The largest absolute Gasteiger partial charge is 0.500 e. The van der Waals surface area contributed by atoms with Crippen molar-refractivity contribution < 1.29 is 9.53 Å². The molecule has 3 nitrogen and oxygen atoms in total. The Morgan fingerprint density at radius 2 is 2.27 bits per heavy atom. The first-order chi connectivity index (χ1) is 7.34. The van der Waals surface area contributed by atoms with Crippen molar-refractivity contribution in [2.24, 2.45) is 0 Å². The molecule has 3 heteroatoms. The van der Waals surface area contributed by atoms with Gasteiger partial charge in [0.2, 0.25) is 5.91 Å². The average Bonchev–Trinajstić information content (AvgIpc) is 2.63. The van der Waals surface area contributed by atoms with Gasteiger partial charge in [-0.3, -0.25) is 4.79 Å². The number of nitrogens with zero attached hydrogens (tertiary/aromatic N) is 1. The zero-order chi connectivity index (χ0) is 10.9. The van der Waals surface area contributed by atoms with Crippen molar-refractivity contribution in [1.82, 2.24) is 4.90 Å². The molecule has 0 atom stereocenters. The first kappa shape index (κ1) is 12.1. The molecule has 0 radical (unpaired) electrons. The van der Waals surface area contributed by atoms with Crippen LogP contribution >= 0.6 is 0 Å². The van der Waals surface area contributed by atoms with Crippen molar-refractivity contribution >= 4 is 5.91 Å². The van der Waals surface area contributed by atoms with Crippen molar-refractivity contribution in [2.75, 3.05) is 13.2 Å². The molecule has 15 heavy (non-hydrogen) atoms. The molecule has 0 aliphatic carbocycles. The molecular weight excluding hydrogens is 190 g/mol. The third-order valence-electron chi connectivity index (χ3n) is 2.56. The summed E-state index contributed by atoms with van der Waals surface area (Å²) >= 11 is 0. The minimum atomic E-state index is 0.209. The summed E-state index contributed by atoms with van der Waals surface area (Å²) < 4.78 is 5.32.